The number of hydrogen-bond donors (Lipinski definition) is 3. The maximum Gasteiger partial charge on any atom is 0.327 e. The lowest BCUT2D eigenvalue weighted by Gasteiger charge is -2.13. The molecule has 0 spiro atoms. The molecule has 0 saturated carbocycles. The van der Waals surface area contributed by atoms with E-state index in [1.165, 1.54) is 0 Å². The highest BCUT2D eigenvalue weighted by Gasteiger charge is 2.27. The van der Waals surface area contributed by atoms with Gasteiger partial charge in [0, 0.05) is 13.5 Å². The standard InChI is InChI=1S/C10H15N3O6S/c1-7(14)13-8(10(16)17)5-20(18,19)6-9(15)12-4-2-3-11/h8H,2,4-6H2,1H3,(H,12,15)(H,13,14)(H,16,17). The first-order valence-corrected chi connectivity index (χ1v) is 7.34. The number of rotatable bonds is 8. The third-order valence-electron chi connectivity index (χ3n) is 2.01. The highest BCUT2D eigenvalue weighted by atomic mass is 32.2. The highest BCUT2D eigenvalue weighted by molar-refractivity contribution is 7.92. The fraction of sp³-hybridized carbons (Fsp3) is 0.600. The molecule has 0 fully saturated rings. The summed E-state index contributed by atoms with van der Waals surface area (Å²) in [4.78, 5) is 32.8. The predicted octanol–water partition coefficient (Wildman–Crippen LogP) is -1.98. The van der Waals surface area contributed by atoms with Crippen LogP contribution in [0.3, 0.4) is 0 Å². The molecule has 0 heterocycles. The quantitative estimate of drug-likeness (QED) is 0.439. The normalized spacial score (nSPS) is 12.0. The zero-order valence-corrected chi connectivity index (χ0v) is 11.6. The molecule has 0 aromatic rings. The van der Waals surface area contributed by atoms with Gasteiger partial charge in [-0.15, -0.1) is 0 Å². The molecule has 0 aliphatic heterocycles. The van der Waals surface area contributed by atoms with E-state index in [4.69, 9.17) is 10.4 Å². The van der Waals surface area contributed by atoms with Crippen LogP contribution in [0.4, 0.5) is 0 Å². The third-order valence-corrected chi connectivity index (χ3v) is 3.55. The van der Waals surface area contributed by atoms with E-state index >= 15 is 0 Å². The van der Waals surface area contributed by atoms with Crippen molar-refractivity contribution in [3.8, 4) is 6.07 Å². The van der Waals surface area contributed by atoms with Gasteiger partial charge in [-0.05, 0) is 0 Å². The SMILES string of the molecule is CC(=O)NC(CS(=O)(=O)CC(=O)NCCC#N)C(=O)O. The predicted molar refractivity (Wildman–Crippen MR) is 67.1 cm³/mol. The minimum atomic E-state index is -4.00. The van der Waals surface area contributed by atoms with Gasteiger partial charge >= 0.3 is 5.97 Å². The summed E-state index contributed by atoms with van der Waals surface area (Å²) in [7, 11) is -4.00. The average Bonchev–Trinajstić information content (AvgIpc) is 2.26. The van der Waals surface area contributed by atoms with Crippen LogP contribution in [-0.4, -0.2) is 55.4 Å². The molecule has 20 heavy (non-hydrogen) atoms. The van der Waals surface area contributed by atoms with E-state index in [0.717, 1.165) is 6.92 Å². The second-order valence-corrected chi connectivity index (χ2v) is 6.01. The van der Waals surface area contributed by atoms with Crippen LogP contribution in [-0.2, 0) is 24.2 Å². The number of carbonyl (C=O) groups is 3. The van der Waals surface area contributed by atoms with Crippen molar-refractivity contribution < 1.29 is 27.9 Å². The van der Waals surface area contributed by atoms with E-state index in [9.17, 15) is 22.8 Å². The Bertz CT molecular complexity index is 522. The Morgan fingerprint density at radius 2 is 1.95 bits per heavy atom. The van der Waals surface area contributed by atoms with Gasteiger partial charge in [0.05, 0.1) is 18.2 Å². The molecule has 0 rings (SSSR count). The molecular formula is C10H15N3O6S. The molecule has 1 unspecified atom stereocenters. The van der Waals surface area contributed by atoms with Gasteiger partial charge in [0.2, 0.25) is 11.8 Å². The number of nitrogens with zero attached hydrogens (tertiary/aromatic N) is 1. The van der Waals surface area contributed by atoms with Crippen LogP contribution in [0, 0.1) is 11.3 Å². The van der Waals surface area contributed by atoms with Gasteiger partial charge in [-0.3, -0.25) is 9.59 Å². The summed E-state index contributed by atoms with van der Waals surface area (Å²) in [5.74, 6) is -4.80. The number of sulfone groups is 1. The molecular weight excluding hydrogens is 290 g/mol. The Morgan fingerprint density at radius 3 is 2.40 bits per heavy atom. The summed E-state index contributed by atoms with van der Waals surface area (Å²) in [5.41, 5.74) is 0. The van der Waals surface area contributed by atoms with E-state index in [2.05, 4.69) is 5.32 Å². The molecule has 0 aliphatic rings. The van der Waals surface area contributed by atoms with Gasteiger partial charge < -0.3 is 15.7 Å². The molecule has 0 aromatic heterocycles. The first-order valence-electron chi connectivity index (χ1n) is 5.52. The summed E-state index contributed by atoms with van der Waals surface area (Å²) in [5, 5.41) is 21.2. The minimum Gasteiger partial charge on any atom is -0.480 e. The highest BCUT2D eigenvalue weighted by Crippen LogP contribution is 1.97. The van der Waals surface area contributed by atoms with Crippen molar-refractivity contribution in [2.75, 3.05) is 18.1 Å². The number of nitriles is 1. The monoisotopic (exact) mass is 305 g/mol. The second kappa shape index (κ2) is 8.11. The lowest BCUT2D eigenvalue weighted by molar-refractivity contribution is -0.140. The van der Waals surface area contributed by atoms with Crippen LogP contribution in [0.15, 0.2) is 0 Å². The topological polar surface area (TPSA) is 153 Å². The van der Waals surface area contributed by atoms with Gasteiger partial charge in [-0.25, -0.2) is 13.2 Å². The summed E-state index contributed by atoms with van der Waals surface area (Å²) >= 11 is 0. The number of amides is 2. The minimum absolute atomic E-state index is 0.0128. The van der Waals surface area contributed by atoms with Crippen molar-refractivity contribution in [3.63, 3.8) is 0 Å². The number of carboxylic acids is 1. The third kappa shape index (κ3) is 8.04. The molecule has 0 saturated heterocycles. The van der Waals surface area contributed by atoms with Crippen LogP contribution < -0.4 is 10.6 Å². The van der Waals surface area contributed by atoms with Gasteiger partial charge in [-0.1, -0.05) is 0 Å². The Labute approximate surface area is 115 Å². The van der Waals surface area contributed by atoms with Gasteiger partial charge in [0.15, 0.2) is 9.84 Å². The van der Waals surface area contributed by atoms with Crippen LogP contribution in [0.5, 0.6) is 0 Å². The van der Waals surface area contributed by atoms with Crippen molar-refractivity contribution in [2.24, 2.45) is 0 Å². The number of carboxylic acid groups (broad SMARTS) is 1. The van der Waals surface area contributed by atoms with E-state index in [0.29, 0.717) is 0 Å². The van der Waals surface area contributed by atoms with Crippen LogP contribution in [0.1, 0.15) is 13.3 Å². The molecule has 10 heteroatoms. The van der Waals surface area contributed by atoms with E-state index in [1.807, 2.05) is 5.32 Å². The molecule has 0 aliphatic carbocycles. The second-order valence-electron chi connectivity index (χ2n) is 3.90. The summed E-state index contributed by atoms with van der Waals surface area (Å²) < 4.78 is 23.3. The number of carbonyl (C=O) groups excluding carboxylic acids is 2. The molecule has 2 amide bonds. The molecule has 9 nitrogen and oxygen atoms in total. The number of aliphatic carboxylic acids is 1. The first kappa shape index (κ1) is 17.8. The van der Waals surface area contributed by atoms with Crippen molar-refractivity contribution in [3.05, 3.63) is 0 Å². The van der Waals surface area contributed by atoms with Crippen LogP contribution in [0.25, 0.3) is 0 Å². The zero-order chi connectivity index (χ0) is 15.8. The Morgan fingerprint density at radius 1 is 1.35 bits per heavy atom. The van der Waals surface area contributed by atoms with E-state index < -0.39 is 45.2 Å². The molecule has 1 atom stereocenters. The molecule has 0 aromatic carbocycles. The summed E-state index contributed by atoms with van der Waals surface area (Å²) in [6, 6.07) is 0.158. The summed E-state index contributed by atoms with van der Waals surface area (Å²) in [6.45, 7) is 1.07. The zero-order valence-electron chi connectivity index (χ0n) is 10.7. The molecule has 112 valence electrons. The number of hydrogen-bond acceptors (Lipinski definition) is 6. The van der Waals surface area contributed by atoms with Crippen molar-refractivity contribution >= 4 is 27.6 Å². The maximum atomic E-state index is 11.6. The molecule has 0 bridgehead atoms. The largest absolute Gasteiger partial charge is 0.480 e. The number of nitrogens with one attached hydrogen (secondary N) is 2. The van der Waals surface area contributed by atoms with Crippen LogP contribution >= 0.6 is 0 Å². The van der Waals surface area contributed by atoms with Gasteiger partial charge in [0.1, 0.15) is 11.8 Å². The lowest BCUT2D eigenvalue weighted by atomic mass is 10.3. The maximum absolute atomic E-state index is 11.6. The van der Waals surface area contributed by atoms with Crippen molar-refractivity contribution in [1.29, 1.82) is 5.26 Å². The van der Waals surface area contributed by atoms with Crippen LogP contribution in [0.2, 0.25) is 0 Å². The van der Waals surface area contributed by atoms with Gasteiger partial charge in [-0.2, -0.15) is 5.26 Å². The van der Waals surface area contributed by atoms with E-state index in [1.54, 1.807) is 6.07 Å². The molecule has 3 N–H and O–H groups in total. The van der Waals surface area contributed by atoms with Gasteiger partial charge in [0.25, 0.3) is 0 Å². The van der Waals surface area contributed by atoms with E-state index in [-0.39, 0.29) is 13.0 Å². The van der Waals surface area contributed by atoms with Crippen molar-refractivity contribution in [1.82, 2.24) is 10.6 Å². The van der Waals surface area contributed by atoms with Crippen molar-refractivity contribution in [2.45, 2.75) is 19.4 Å². The summed E-state index contributed by atoms with van der Waals surface area (Å²) in [6.07, 6.45) is 0.0371. The Hall–Kier alpha value is -2.15. The lowest BCUT2D eigenvalue weighted by Crippen LogP contribution is -2.46. The fourth-order valence-corrected chi connectivity index (χ4v) is 2.59. The first-order chi connectivity index (χ1) is 9.18. The Balaban J connectivity index is 4.56. The smallest absolute Gasteiger partial charge is 0.327 e. The Kier molecular flexibility index (Phi) is 7.24. The average molecular weight is 305 g/mol. The molecule has 0 radical (unpaired) electrons. The fourth-order valence-electron chi connectivity index (χ4n) is 1.24.